The lowest BCUT2D eigenvalue weighted by atomic mass is 9.98. The van der Waals surface area contributed by atoms with Gasteiger partial charge in [-0.1, -0.05) is 19.8 Å². The summed E-state index contributed by atoms with van der Waals surface area (Å²) in [6, 6.07) is 0. The monoisotopic (exact) mass is 237 g/mol. The fourth-order valence-electron chi connectivity index (χ4n) is 2.98. The molecule has 0 bridgehead atoms. The molecule has 0 aromatic heterocycles. The molecule has 0 spiro atoms. The number of ketones is 1. The molecule has 2 saturated carbocycles. The predicted molar refractivity (Wildman–Crippen MR) is 71.0 cm³/mol. The van der Waals surface area contributed by atoms with Crippen LogP contribution < -0.4 is 0 Å². The number of carbonyl (C=O) groups is 1. The Morgan fingerprint density at radius 2 is 1.94 bits per heavy atom. The predicted octanol–water partition coefficient (Wildman–Crippen LogP) is 3.26. The van der Waals surface area contributed by atoms with Gasteiger partial charge in [-0.2, -0.15) is 0 Å². The second kappa shape index (κ2) is 6.53. The van der Waals surface area contributed by atoms with E-state index in [9.17, 15) is 4.79 Å². The molecule has 0 aromatic rings. The van der Waals surface area contributed by atoms with E-state index in [0.29, 0.717) is 11.7 Å². The normalized spacial score (nSPS) is 26.2. The maximum Gasteiger partial charge on any atom is 0.137 e. The highest BCUT2D eigenvalue weighted by atomic mass is 16.1. The summed E-state index contributed by atoms with van der Waals surface area (Å²) in [6.45, 7) is 5.72. The number of hydrogen-bond acceptors (Lipinski definition) is 2. The summed E-state index contributed by atoms with van der Waals surface area (Å²) in [4.78, 5) is 14.6. The van der Waals surface area contributed by atoms with Crippen LogP contribution >= 0.6 is 0 Å². The van der Waals surface area contributed by atoms with Gasteiger partial charge in [-0.3, -0.25) is 4.79 Å². The van der Waals surface area contributed by atoms with Gasteiger partial charge in [0.05, 0.1) is 0 Å². The molecule has 2 heteroatoms. The number of hydrogen-bond donors (Lipinski definition) is 0. The molecule has 0 N–H and O–H groups in total. The van der Waals surface area contributed by atoms with Crippen LogP contribution in [-0.4, -0.2) is 30.3 Å². The zero-order valence-corrected chi connectivity index (χ0v) is 11.3. The smallest absolute Gasteiger partial charge is 0.137 e. The second-order valence-electron chi connectivity index (χ2n) is 5.97. The molecule has 2 fully saturated rings. The van der Waals surface area contributed by atoms with Crippen molar-refractivity contribution in [2.24, 2.45) is 11.8 Å². The summed E-state index contributed by atoms with van der Waals surface area (Å²) >= 11 is 0. The van der Waals surface area contributed by atoms with Gasteiger partial charge < -0.3 is 4.90 Å². The Hall–Kier alpha value is -0.370. The van der Waals surface area contributed by atoms with E-state index < -0.39 is 0 Å². The van der Waals surface area contributed by atoms with E-state index in [2.05, 4.69) is 11.8 Å². The minimum atomic E-state index is 0.350. The van der Waals surface area contributed by atoms with Gasteiger partial charge in [-0.15, -0.1) is 0 Å². The molecule has 2 rings (SSSR count). The first-order valence-corrected chi connectivity index (χ1v) is 7.54. The molecule has 0 saturated heterocycles. The van der Waals surface area contributed by atoms with Gasteiger partial charge in [0.15, 0.2) is 0 Å². The summed E-state index contributed by atoms with van der Waals surface area (Å²) in [5.41, 5.74) is 0. The Morgan fingerprint density at radius 3 is 2.65 bits per heavy atom. The minimum absolute atomic E-state index is 0.350. The van der Waals surface area contributed by atoms with Gasteiger partial charge in [0, 0.05) is 25.4 Å². The first-order valence-electron chi connectivity index (χ1n) is 7.54. The zero-order chi connectivity index (χ0) is 12.1. The third-order valence-electron chi connectivity index (χ3n) is 4.16. The van der Waals surface area contributed by atoms with Crippen LogP contribution in [0.4, 0.5) is 0 Å². The molecular formula is C15H27NO. The van der Waals surface area contributed by atoms with Crippen LogP contribution in [0.1, 0.15) is 58.3 Å². The average molecular weight is 237 g/mol. The van der Waals surface area contributed by atoms with Crippen LogP contribution in [0.2, 0.25) is 0 Å². The van der Waals surface area contributed by atoms with Gasteiger partial charge in [-0.25, -0.2) is 0 Å². The molecule has 2 nitrogen and oxygen atoms in total. The van der Waals surface area contributed by atoms with Crippen LogP contribution in [0.5, 0.6) is 0 Å². The van der Waals surface area contributed by atoms with Crippen molar-refractivity contribution in [3.8, 4) is 0 Å². The van der Waals surface area contributed by atoms with E-state index in [1.165, 1.54) is 45.2 Å². The summed E-state index contributed by atoms with van der Waals surface area (Å²) < 4.78 is 0. The Labute approximate surface area is 106 Å². The third kappa shape index (κ3) is 4.42. The largest absolute Gasteiger partial charge is 0.302 e. The lowest BCUT2D eigenvalue weighted by molar-refractivity contribution is -0.123. The molecule has 0 heterocycles. The van der Waals surface area contributed by atoms with Gasteiger partial charge in [0.25, 0.3) is 0 Å². The van der Waals surface area contributed by atoms with Gasteiger partial charge in [0.1, 0.15) is 5.78 Å². The molecule has 1 unspecified atom stereocenters. The number of carbonyl (C=O) groups excluding carboxylic acids is 1. The van der Waals surface area contributed by atoms with Crippen LogP contribution in [-0.2, 0) is 4.79 Å². The fourth-order valence-corrected chi connectivity index (χ4v) is 2.98. The molecule has 0 amide bonds. The Kier molecular flexibility index (Phi) is 5.02. The Balaban J connectivity index is 1.83. The SMILES string of the molecule is CCCN(CC1CC1)CC1CCCCCC1=O. The molecule has 2 aliphatic carbocycles. The van der Waals surface area contributed by atoms with Gasteiger partial charge >= 0.3 is 0 Å². The van der Waals surface area contributed by atoms with Crippen LogP contribution in [0.25, 0.3) is 0 Å². The summed E-state index contributed by atoms with van der Waals surface area (Å²) in [5.74, 6) is 1.84. The fraction of sp³-hybridized carbons (Fsp3) is 0.933. The number of rotatable bonds is 6. The summed E-state index contributed by atoms with van der Waals surface area (Å²) in [7, 11) is 0. The zero-order valence-electron chi connectivity index (χ0n) is 11.3. The van der Waals surface area contributed by atoms with Crippen LogP contribution in [0, 0.1) is 11.8 Å². The maximum atomic E-state index is 12.0. The molecule has 0 radical (unpaired) electrons. The van der Waals surface area contributed by atoms with Crippen molar-refractivity contribution in [1.82, 2.24) is 4.90 Å². The van der Waals surface area contributed by atoms with E-state index >= 15 is 0 Å². The van der Waals surface area contributed by atoms with Gasteiger partial charge in [-0.05, 0) is 44.6 Å². The maximum absolute atomic E-state index is 12.0. The van der Waals surface area contributed by atoms with Crippen LogP contribution in [0.15, 0.2) is 0 Å². The number of nitrogens with zero attached hydrogens (tertiary/aromatic N) is 1. The van der Waals surface area contributed by atoms with E-state index in [4.69, 9.17) is 0 Å². The van der Waals surface area contributed by atoms with Crippen molar-refractivity contribution >= 4 is 5.78 Å². The first kappa shape index (κ1) is 13.1. The van der Waals surface area contributed by atoms with Crippen molar-refractivity contribution in [2.75, 3.05) is 19.6 Å². The van der Waals surface area contributed by atoms with E-state index in [-0.39, 0.29) is 0 Å². The lowest BCUT2D eigenvalue weighted by Gasteiger charge is -2.26. The second-order valence-corrected chi connectivity index (χ2v) is 5.97. The Morgan fingerprint density at radius 1 is 1.12 bits per heavy atom. The average Bonchev–Trinajstić information content (AvgIpc) is 3.11. The van der Waals surface area contributed by atoms with Crippen molar-refractivity contribution in [3.05, 3.63) is 0 Å². The van der Waals surface area contributed by atoms with Gasteiger partial charge in [0.2, 0.25) is 0 Å². The summed E-state index contributed by atoms with van der Waals surface area (Å²) in [6.07, 6.45) is 9.69. The molecule has 0 aromatic carbocycles. The minimum Gasteiger partial charge on any atom is -0.302 e. The molecule has 17 heavy (non-hydrogen) atoms. The summed E-state index contributed by atoms with van der Waals surface area (Å²) in [5, 5.41) is 0. The number of Topliss-reactive ketones (excluding diaryl/α,β-unsaturated/α-hetero) is 1. The molecule has 1 atom stereocenters. The highest BCUT2D eigenvalue weighted by Gasteiger charge is 2.27. The van der Waals surface area contributed by atoms with E-state index in [1.807, 2.05) is 0 Å². The van der Waals surface area contributed by atoms with Crippen molar-refractivity contribution in [3.63, 3.8) is 0 Å². The van der Waals surface area contributed by atoms with E-state index in [0.717, 1.165) is 31.7 Å². The molecule has 0 aliphatic heterocycles. The quantitative estimate of drug-likeness (QED) is 0.661. The highest BCUT2D eigenvalue weighted by molar-refractivity contribution is 5.81. The molecular weight excluding hydrogens is 210 g/mol. The highest BCUT2D eigenvalue weighted by Crippen LogP contribution is 2.30. The molecule has 2 aliphatic rings. The van der Waals surface area contributed by atoms with Crippen molar-refractivity contribution < 1.29 is 4.79 Å². The van der Waals surface area contributed by atoms with Crippen LogP contribution in [0.3, 0.4) is 0 Å². The topological polar surface area (TPSA) is 20.3 Å². The Bertz CT molecular complexity index is 247. The van der Waals surface area contributed by atoms with Crippen molar-refractivity contribution in [2.45, 2.75) is 58.3 Å². The third-order valence-corrected chi connectivity index (χ3v) is 4.16. The van der Waals surface area contributed by atoms with E-state index in [1.54, 1.807) is 0 Å². The standard InChI is InChI=1S/C15H27NO/c1-2-10-16(11-13-8-9-13)12-14-6-4-3-5-7-15(14)17/h13-14H,2-12H2,1H3. The lowest BCUT2D eigenvalue weighted by Crippen LogP contribution is -2.35. The first-order chi connectivity index (χ1) is 8.29. The molecule has 98 valence electrons. The van der Waals surface area contributed by atoms with Crippen molar-refractivity contribution in [1.29, 1.82) is 0 Å².